The van der Waals surface area contributed by atoms with Crippen LogP contribution < -0.4 is 10.8 Å². The molecule has 4 rings (SSSR count). The number of carbonyl (C=O) groups is 1. The van der Waals surface area contributed by atoms with E-state index in [9.17, 15) is 9.18 Å². The molecule has 0 radical (unpaired) electrons. The Labute approximate surface area is 189 Å². The maximum absolute atomic E-state index is 14.4. The topological polar surface area (TPSA) is 69.7 Å². The van der Waals surface area contributed by atoms with Crippen LogP contribution in [0, 0.1) is 11.7 Å². The number of pyridine rings is 1. The first-order chi connectivity index (χ1) is 15.1. The average Bonchev–Trinajstić information content (AvgIpc) is 3.50. The van der Waals surface area contributed by atoms with Gasteiger partial charge in [0.15, 0.2) is 0 Å². The van der Waals surface area contributed by atoms with Crippen molar-refractivity contribution in [3.63, 3.8) is 0 Å². The van der Waals surface area contributed by atoms with Crippen LogP contribution in [0.5, 0.6) is 0 Å². The molecule has 0 amide bonds. The third-order valence-corrected chi connectivity index (χ3v) is 6.65. The van der Waals surface area contributed by atoms with Gasteiger partial charge in [-0.3, -0.25) is 4.79 Å². The fraction of sp³-hybridized carbons (Fsp3) is 0.500. The quantitative estimate of drug-likeness (QED) is 0.522. The first-order valence-electron chi connectivity index (χ1n) is 11.1. The van der Waals surface area contributed by atoms with Crippen LogP contribution in [0.1, 0.15) is 58.1 Å². The van der Waals surface area contributed by atoms with Gasteiger partial charge in [-0.15, -0.1) is 0 Å². The van der Waals surface area contributed by atoms with E-state index in [1.54, 1.807) is 18.3 Å². The van der Waals surface area contributed by atoms with E-state index in [0.29, 0.717) is 18.0 Å². The fourth-order valence-electron chi connectivity index (χ4n) is 3.84. The highest BCUT2D eigenvalue weighted by Gasteiger charge is 2.51. The molecule has 170 valence electrons. The van der Waals surface area contributed by atoms with Gasteiger partial charge in [0, 0.05) is 18.3 Å². The summed E-state index contributed by atoms with van der Waals surface area (Å²) in [5, 5.41) is 3.17. The summed E-state index contributed by atoms with van der Waals surface area (Å²) in [7, 11) is -0.539. The minimum Gasteiger partial charge on any atom is -0.466 e. The van der Waals surface area contributed by atoms with E-state index in [2.05, 4.69) is 10.3 Å². The maximum atomic E-state index is 14.4. The highest BCUT2D eigenvalue weighted by molar-refractivity contribution is 6.62. The van der Waals surface area contributed by atoms with E-state index in [4.69, 9.17) is 14.0 Å². The van der Waals surface area contributed by atoms with Crippen molar-refractivity contribution in [2.45, 2.75) is 64.7 Å². The minimum atomic E-state index is -0.539. The number of carbonyl (C=O) groups excluding carboxylic acids is 1. The van der Waals surface area contributed by atoms with Crippen molar-refractivity contribution in [2.24, 2.45) is 5.92 Å². The van der Waals surface area contributed by atoms with Crippen LogP contribution in [-0.2, 0) is 25.4 Å². The lowest BCUT2D eigenvalue weighted by atomic mass is 9.78. The summed E-state index contributed by atoms with van der Waals surface area (Å²) >= 11 is 0. The highest BCUT2D eigenvalue weighted by atomic mass is 19.1. The van der Waals surface area contributed by atoms with Crippen molar-refractivity contribution in [3.8, 4) is 0 Å². The number of anilines is 1. The third-order valence-electron chi connectivity index (χ3n) is 6.65. The molecule has 1 saturated carbocycles. The van der Waals surface area contributed by atoms with Gasteiger partial charge in [0.1, 0.15) is 11.6 Å². The summed E-state index contributed by atoms with van der Waals surface area (Å²) in [6.45, 7) is 10.5. The number of ether oxygens (including phenoxy) is 1. The molecule has 1 saturated heterocycles. The molecule has 2 fully saturated rings. The van der Waals surface area contributed by atoms with E-state index in [0.717, 1.165) is 17.4 Å². The van der Waals surface area contributed by atoms with E-state index in [1.807, 2.05) is 46.8 Å². The molecule has 1 aromatic heterocycles. The summed E-state index contributed by atoms with van der Waals surface area (Å²) in [5.74, 6) is 0.302. The molecule has 0 bridgehead atoms. The Morgan fingerprint density at radius 3 is 2.56 bits per heavy atom. The SMILES string of the molecule is CCOC(=O)[C@H]1C[C@@H]1c1ccc(NCc2cc(B3OC(C)(C)C(C)(C)O3)ccc2F)nc1. The zero-order valence-electron chi connectivity index (χ0n) is 19.3. The van der Waals surface area contributed by atoms with Crippen molar-refractivity contribution in [3.05, 3.63) is 53.5 Å². The lowest BCUT2D eigenvalue weighted by Gasteiger charge is -2.32. The standard InChI is InChI=1S/C24H30BFN2O4/c1-6-30-22(29)19-12-18(19)15-7-10-21(27-13-15)28-14-16-11-17(8-9-20(16)26)25-31-23(2,3)24(4,5)32-25/h7-11,13,18-19H,6,12,14H2,1-5H3,(H,27,28)/t18-,19+/m1/s1. The first kappa shape index (κ1) is 22.7. The average molecular weight is 440 g/mol. The predicted molar refractivity (Wildman–Crippen MR) is 121 cm³/mol. The number of esters is 1. The number of hydrogen-bond donors (Lipinski definition) is 1. The fourth-order valence-corrected chi connectivity index (χ4v) is 3.84. The largest absolute Gasteiger partial charge is 0.494 e. The molecule has 1 aliphatic carbocycles. The van der Waals surface area contributed by atoms with Crippen molar-refractivity contribution < 1.29 is 23.2 Å². The molecule has 2 aliphatic rings. The van der Waals surface area contributed by atoms with Gasteiger partial charge in [0.25, 0.3) is 0 Å². The van der Waals surface area contributed by atoms with E-state index in [1.165, 1.54) is 6.07 Å². The summed E-state index contributed by atoms with van der Waals surface area (Å²) in [5.41, 5.74) is 1.40. The number of halogens is 1. The number of nitrogens with one attached hydrogen (secondary N) is 1. The van der Waals surface area contributed by atoms with E-state index < -0.39 is 18.3 Å². The van der Waals surface area contributed by atoms with Gasteiger partial charge in [-0.2, -0.15) is 0 Å². The Morgan fingerprint density at radius 1 is 1.22 bits per heavy atom. The zero-order valence-corrected chi connectivity index (χ0v) is 19.3. The van der Waals surface area contributed by atoms with Crippen LogP contribution in [0.4, 0.5) is 10.2 Å². The molecule has 0 spiro atoms. The molecule has 1 aliphatic heterocycles. The second-order valence-electron chi connectivity index (χ2n) is 9.47. The Morgan fingerprint density at radius 2 is 1.94 bits per heavy atom. The van der Waals surface area contributed by atoms with Gasteiger partial charge in [0.2, 0.25) is 0 Å². The molecule has 1 N–H and O–H groups in total. The monoisotopic (exact) mass is 440 g/mol. The van der Waals surface area contributed by atoms with Crippen LogP contribution in [-0.4, -0.2) is 35.9 Å². The van der Waals surface area contributed by atoms with Crippen molar-refractivity contribution >= 4 is 24.4 Å². The minimum absolute atomic E-state index is 0.0672. The van der Waals surface area contributed by atoms with Gasteiger partial charge >= 0.3 is 13.1 Å². The molecule has 6 nitrogen and oxygen atoms in total. The molecular formula is C24H30BFN2O4. The van der Waals surface area contributed by atoms with E-state index >= 15 is 0 Å². The summed E-state index contributed by atoms with van der Waals surface area (Å²) in [4.78, 5) is 16.3. The van der Waals surface area contributed by atoms with Gasteiger partial charge in [-0.05, 0) is 70.1 Å². The van der Waals surface area contributed by atoms with Gasteiger partial charge in [-0.1, -0.05) is 18.2 Å². The Kier molecular flexibility index (Phi) is 6.03. The number of rotatable bonds is 7. The zero-order chi connectivity index (χ0) is 23.1. The smallest absolute Gasteiger partial charge is 0.466 e. The lowest BCUT2D eigenvalue weighted by molar-refractivity contribution is -0.144. The van der Waals surface area contributed by atoms with Crippen LogP contribution >= 0.6 is 0 Å². The van der Waals surface area contributed by atoms with Crippen LogP contribution in [0.3, 0.4) is 0 Å². The molecule has 32 heavy (non-hydrogen) atoms. The van der Waals surface area contributed by atoms with Crippen molar-refractivity contribution in [2.75, 3.05) is 11.9 Å². The number of hydrogen-bond acceptors (Lipinski definition) is 6. The highest BCUT2D eigenvalue weighted by Crippen LogP contribution is 2.48. The second-order valence-corrected chi connectivity index (χ2v) is 9.47. The molecule has 8 heteroatoms. The lowest BCUT2D eigenvalue weighted by Crippen LogP contribution is -2.41. The molecular weight excluding hydrogens is 410 g/mol. The normalized spacial score (nSPS) is 23.1. The van der Waals surface area contributed by atoms with Gasteiger partial charge in [0.05, 0.1) is 23.7 Å². The van der Waals surface area contributed by atoms with Crippen molar-refractivity contribution in [1.29, 1.82) is 0 Å². The first-order valence-corrected chi connectivity index (χ1v) is 11.1. The second kappa shape index (κ2) is 8.48. The van der Waals surface area contributed by atoms with E-state index in [-0.39, 0.29) is 30.2 Å². The van der Waals surface area contributed by atoms with Gasteiger partial charge in [-0.25, -0.2) is 9.37 Å². The van der Waals surface area contributed by atoms with Gasteiger partial charge < -0.3 is 19.4 Å². The number of nitrogens with zero attached hydrogens (tertiary/aromatic N) is 1. The molecule has 0 unspecified atom stereocenters. The molecule has 2 aromatic rings. The van der Waals surface area contributed by atoms with Crippen LogP contribution in [0.15, 0.2) is 36.5 Å². The Bertz CT molecular complexity index is 980. The number of aromatic nitrogens is 1. The summed E-state index contributed by atoms with van der Waals surface area (Å²) in [6, 6.07) is 8.72. The number of benzene rings is 1. The maximum Gasteiger partial charge on any atom is 0.494 e. The predicted octanol–water partition coefficient (Wildman–Crippen LogP) is 3.80. The van der Waals surface area contributed by atoms with Crippen molar-refractivity contribution in [1.82, 2.24) is 4.98 Å². The molecule has 2 atom stereocenters. The Balaban J connectivity index is 1.38. The summed E-state index contributed by atoms with van der Waals surface area (Å²) in [6.07, 6.45) is 2.56. The summed E-state index contributed by atoms with van der Waals surface area (Å²) < 4.78 is 31.7. The molecule has 1 aromatic carbocycles. The van der Waals surface area contributed by atoms with Crippen LogP contribution in [0.2, 0.25) is 0 Å². The molecule has 2 heterocycles. The third kappa shape index (κ3) is 4.52. The Hall–Kier alpha value is -2.45. The van der Waals surface area contributed by atoms with Crippen LogP contribution in [0.25, 0.3) is 0 Å².